The van der Waals surface area contributed by atoms with Crippen molar-refractivity contribution in [3.05, 3.63) is 24.3 Å². The van der Waals surface area contributed by atoms with Crippen molar-refractivity contribution >= 4 is 5.97 Å². The summed E-state index contributed by atoms with van der Waals surface area (Å²) in [4.78, 5) is 10.4. The summed E-state index contributed by atoms with van der Waals surface area (Å²) in [5.74, 6) is -0.801. The lowest BCUT2D eigenvalue weighted by Crippen LogP contribution is -2.26. The molecule has 0 amide bonds. The normalized spacial score (nSPS) is 25.9. The van der Waals surface area contributed by atoms with E-state index in [1.807, 2.05) is 12.2 Å². The molecule has 1 heterocycles. The number of rotatable bonds is 13. The molecule has 1 saturated heterocycles. The van der Waals surface area contributed by atoms with Crippen molar-refractivity contribution in [2.45, 2.75) is 95.2 Å². The minimum atomic E-state index is -0.801. The van der Waals surface area contributed by atoms with Gasteiger partial charge in [0, 0.05) is 12.8 Å². The van der Waals surface area contributed by atoms with E-state index in [9.17, 15) is 20.1 Å². The van der Waals surface area contributed by atoms with Crippen LogP contribution in [0, 0.1) is 0 Å². The number of carboxylic acid groups (broad SMARTS) is 1. The van der Waals surface area contributed by atoms with E-state index >= 15 is 0 Å². The van der Waals surface area contributed by atoms with E-state index in [0.717, 1.165) is 19.3 Å². The molecule has 6 nitrogen and oxygen atoms in total. The lowest BCUT2D eigenvalue weighted by molar-refractivity contribution is -0.137. The van der Waals surface area contributed by atoms with Gasteiger partial charge < -0.3 is 25.2 Å². The van der Waals surface area contributed by atoms with Crippen molar-refractivity contribution in [2.75, 3.05) is 0 Å². The Balaban J connectivity index is 2.29. The Bertz CT molecular complexity index is 448. The van der Waals surface area contributed by atoms with Gasteiger partial charge in [-0.1, -0.05) is 50.5 Å². The molecule has 0 aromatic carbocycles. The molecule has 0 aliphatic carbocycles. The van der Waals surface area contributed by atoms with Crippen molar-refractivity contribution in [3.63, 3.8) is 0 Å². The molecule has 0 aromatic rings. The van der Waals surface area contributed by atoms with Crippen LogP contribution in [0.3, 0.4) is 0 Å². The lowest BCUT2D eigenvalue weighted by atomic mass is 10.0. The highest BCUT2D eigenvalue weighted by Crippen LogP contribution is 2.26. The number of carboxylic acids is 1. The Kier molecular flexibility index (Phi) is 11.4. The largest absolute Gasteiger partial charge is 0.481 e. The number of aliphatic carboxylic acids is 1. The highest BCUT2D eigenvalue weighted by Gasteiger charge is 2.36. The van der Waals surface area contributed by atoms with Gasteiger partial charge in [0.15, 0.2) is 0 Å². The van der Waals surface area contributed by atoms with Crippen LogP contribution in [0.15, 0.2) is 24.3 Å². The van der Waals surface area contributed by atoms with Gasteiger partial charge in [-0.3, -0.25) is 4.79 Å². The average molecular weight is 370 g/mol. The third kappa shape index (κ3) is 9.48. The molecule has 0 unspecified atom stereocenters. The molecule has 0 saturated carbocycles. The highest BCUT2D eigenvalue weighted by atomic mass is 16.5. The summed E-state index contributed by atoms with van der Waals surface area (Å²) in [6.45, 7) is 2.11. The summed E-state index contributed by atoms with van der Waals surface area (Å²) in [5.41, 5.74) is 0. The monoisotopic (exact) mass is 370 g/mol. The van der Waals surface area contributed by atoms with Crippen molar-refractivity contribution in [1.82, 2.24) is 0 Å². The number of allylic oxidation sites excluding steroid dienone is 1. The van der Waals surface area contributed by atoms with Crippen LogP contribution in [0.1, 0.15) is 64.7 Å². The summed E-state index contributed by atoms with van der Waals surface area (Å²) in [7, 11) is 0. The molecule has 0 aromatic heterocycles. The second-order valence-corrected chi connectivity index (χ2v) is 6.95. The quantitative estimate of drug-likeness (QED) is 0.293. The van der Waals surface area contributed by atoms with E-state index in [1.54, 1.807) is 12.2 Å². The Morgan fingerprint density at radius 2 is 2.00 bits per heavy atom. The molecule has 26 heavy (non-hydrogen) atoms. The third-order valence-corrected chi connectivity index (χ3v) is 4.55. The first-order valence-corrected chi connectivity index (χ1v) is 9.68. The topological polar surface area (TPSA) is 107 Å². The molecule has 5 atom stereocenters. The molecule has 0 radical (unpaired) electrons. The molecule has 6 heteroatoms. The van der Waals surface area contributed by atoms with Gasteiger partial charge in [0.05, 0.1) is 24.4 Å². The molecular weight excluding hydrogens is 336 g/mol. The zero-order chi connectivity index (χ0) is 19.4. The van der Waals surface area contributed by atoms with Crippen molar-refractivity contribution in [1.29, 1.82) is 0 Å². The fourth-order valence-corrected chi connectivity index (χ4v) is 2.97. The summed E-state index contributed by atoms with van der Waals surface area (Å²) in [6.07, 6.45) is 10.2. The second-order valence-electron chi connectivity index (χ2n) is 6.95. The molecule has 0 spiro atoms. The Morgan fingerprint density at radius 1 is 1.23 bits per heavy atom. The summed E-state index contributed by atoms with van der Waals surface area (Å²) in [5, 5.41) is 38.7. The van der Waals surface area contributed by atoms with Gasteiger partial charge in [0.2, 0.25) is 0 Å². The van der Waals surface area contributed by atoms with Crippen LogP contribution >= 0.6 is 0 Å². The fraction of sp³-hybridized carbons (Fsp3) is 0.750. The van der Waals surface area contributed by atoms with E-state index < -0.39 is 30.4 Å². The standard InChI is InChI=1S/C20H34O6/c1-2-3-6-10-16(22)19-14-17(23)18(26-19)13-12-15(21)9-7-4-5-8-11-20(24)25/h4,7,12-13,15-19,21-23H,2-3,5-6,8-11,14H2,1H3,(H,24,25)/b7-4-,13-12+/t15-,16-,17-,18-,19-/m0/s1. The molecule has 0 bridgehead atoms. The van der Waals surface area contributed by atoms with Crippen molar-refractivity contribution < 1.29 is 30.0 Å². The van der Waals surface area contributed by atoms with E-state index in [0.29, 0.717) is 32.1 Å². The smallest absolute Gasteiger partial charge is 0.303 e. The van der Waals surface area contributed by atoms with Gasteiger partial charge >= 0.3 is 5.97 Å². The van der Waals surface area contributed by atoms with E-state index in [4.69, 9.17) is 9.84 Å². The first kappa shape index (κ1) is 22.8. The number of unbranched alkanes of at least 4 members (excludes halogenated alkanes) is 3. The first-order chi connectivity index (χ1) is 12.4. The fourth-order valence-electron chi connectivity index (χ4n) is 2.97. The van der Waals surface area contributed by atoms with Crippen LogP contribution < -0.4 is 0 Å². The van der Waals surface area contributed by atoms with E-state index in [2.05, 4.69) is 6.92 Å². The number of aliphatic hydroxyl groups excluding tert-OH is 3. The summed E-state index contributed by atoms with van der Waals surface area (Å²) >= 11 is 0. The minimum Gasteiger partial charge on any atom is -0.481 e. The number of hydrogen-bond donors (Lipinski definition) is 4. The minimum absolute atomic E-state index is 0.148. The van der Waals surface area contributed by atoms with Crippen LogP contribution in [0.5, 0.6) is 0 Å². The van der Waals surface area contributed by atoms with Crippen LogP contribution in [-0.2, 0) is 9.53 Å². The zero-order valence-electron chi connectivity index (χ0n) is 15.7. The van der Waals surface area contributed by atoms with Gasteiger partial charge in [-0.25, -0.2) is 0 Å². The van der Waals surface area contributed by atoms with Crippen LogP contribution in [0.4, 0.5) is 0 Å². The number of carbonyl (C=O) groups is 1. The molecule has 4 N–H and O–H groups in total. The Labute approximate surface area is 156 Å². The molecule has 1 aliphatic heterocycles. The molecule has 1 rings (SSSR count). The molecule has 1 aliphatic rings. The van der Waals surface area contributed by atoms with Crippen molar-refractivity contribution in [2.24, 2.45) is 0 Å². The zero-order valence-corrected chi connectivity index (χ0v) is 15.7. The summed E-state index contributed by atoms with van der Waals surface area (Å²) < 4.78 is 5.73. The van der Waals surface area contributed by atoms with Gasteiger partial charge in [0.1, 0.15) is 6.10 Å². The predicted octanol–water partition coefficient (Wildman–Crippen LogP) is 2.56. The maximum absolute atomic E-state index is 10.4. The maximum atomic E-state index is 10.4. The number of hydrogen-bond acceptors (Lipinski definition) is 5. The van der Waals surface area contributed by atoms with Gasteiger partial charge in [-0.15, -0.1) is 0 Å². The second kappa shape index (κ2) is 13.0. The maximum Gasteiger partial charge on any atom is 0.303 e. The number of aliphatic hydroxyl groups is 3. The summed E-state index contributed by atoms with van der Waals surface area (Å²) in [6, 6.07) is 0. The highest BCUT2D eigenvalue weighted by molar-refractivity contribution is 5.66. The molecule has 1 fully saturated rings. The molecule has 150 valence electrons. The van der Waals surface area contributed by atoms with E-state index in [-0.39, 0.29) is 12.5 Å². The van der Waals surface area contributed by atoms with Gasteiger partial charge in [0.25, 0.3) is 0 Å². The SMILES string of the molecule is CCCCC[C@H](O)[C@@H]1C[C@H](O)[C@H](/C=C/[C@@H](O)C/C=C\CCCC(=O)O)O1. The van der Waals surface area contributed by atoms with Gasteiger partial charge in [-0.2, -0.15) is 0 Å². The lowest BCUT2D eigenvalue weighted by Gasteiger charge is -2.18. The van der Waals surface area contributed by atoms with Crippen LogP contribution in [0.2, 0.25) is 0 Å². The first-order valence-electron chi connectivity index (χ1n) is 9.68. The van der Waals surface area contributed by atoms with Crippen LogP contribution in [-0.4, -0.2) is 56.9 Å². The molecular formula is C20H34O6. The van der Waals surface area contributed by atoms with E-state index in [1.165, 1.54) is 0 Å². The van der Waals surface area contributed by atoms with Crippen LogP contribution in [0.25, 0.3) is 0 Å². The van der Waals surface area contributed by atoms with Gasteiger partial charge in [-0.05, 0) is 25.7 Å². The Hall–Kier alpha value is -1.21. The third-order valence-electron chi connectivity index (χ3n) is 4.55. The predicted molar refractivity (Wildman–Crippen MR) is 99.8 cm³/mol. The number of ether oxygens (including phenoxy) is 1. The average Bonchev–Trinajstić information content (AvgIpc) is 2.97. The van der Waals surface area contributed by atoms with Crippen molar-refractivity contribution in [3.8, 4) is 0 Å². The Morgan fingerprint density at radius 3 is 2.69 bits per heavy atom.